The average Bonchev–Trinajstić information content (AvgIpc) is 3.21. The molecule has 1 N–H and O–H groups in total. The number of aromatic nitrogens is 2. The summed E-state index contributed by atoms with van der Waals surface area (Å²) in [6.07, 6.45) is 1.83. The first-order chi connectivity index (χ1) is 14.9. The Morgan fingerprint density at radius 2 is 1.87 bits per heavy atom. The maximum atomic E-state index is 12.6. The SMILES string of the molecule is Cc1ccc(-c2nc(NC(=O)N3CCOCC3)ccc2-c2ccc(=O)n(C(C)C)c2)o1. The van der Waals surface area contributed by atoms with Gasteiger partial charge in [-0.25, -0.2) is 9.78 Å². The Morgan fingerprint density at radius 3 is 2.55 bits per heavy atom. The number of amides is 2. The maximum absolute atomic E-state index is 12.6. The van der Waals surface area contributed by atoms with E-state index in [1.807, 2.05) is 45.2 Å². The minimum absolute atomic E-state index is 0.0294. The highest BCUT2D eigenvalue weighted by Gasteiger charge is 2.19. The number of morpholine rings is 1. The highest BCUT2D eigenvalue weighted by Crippen LogP contribution is 2.33. The predicted molar refractivity (Wildman–Crippen MR) is 118 cm³/mol. The molecule has 0 unspecified atom stereocenters. The molecule has 31 heavy (non-hydrogen) atoms. The Bertz CT molecular complexity index is 1140. The fraction of sp³-hybridized carbons (Fsp3) is 0.348. The third kappa shape index (κ3) is 4.54. The minimum Gasteiger partial charge on any atom is -0.460 e. The van der Waals surface area contributed by atoms with Gasteiger partial charge in [-0.3, -0.25) is 10.1 Å². The van der Waals surface area contributed by atoms with Gasteiger partial charge in [0.2, 0.25) is 0 Å². The van der Waals surface area contributed by atoms with Crippen molar-refractivity contribution in [3.05, 3.63) is 58.7 Å². The van der Waals surface area contributed by atoms with Crippen LogP contribution >= 0.6 is 0 Å². The molecule has 1 aliphatic heterocycles. The van der Waals surface area contributed by atoms with Crippen molar-refractivity contribution in [2.24, 2.45) is 0 Å². The van der Waals surface area contributed by atoms with Crippen LogP contribution in [0, 0.1) is 6.92 Å². The molecule has 0 spiro atoms. The van der Waals surface area contributed by atoms with E-state index >= 15 is 0 Å². The number of anilines is 1. The van der Waals surface area contributed by atoms with Crippen molar-refractivity contribution in [3.63, 3.8) is 0 Å². The lowest BCUT2D eigenvalue weighted by molar-refractivity contribution is 0.0564. The molecule has 2 amide bonds. The highest BCUT2D eigenvalue weighted by atomic mass is 16.5. The molecule has 1 saturated heterocycles. The fourth-order valence-corrected chi connectivity index (χ4v) is 3.53. The molecule has 4 heterocycles. The molecule has 3 aromatic rings. The number of pyridine rings is 2. The summed E-state index contributed by atoms with van der Waals surface area (Å²) in [6, 6.07) is 10.5. The summed E-state index contributed by atoms with van der Waals surface area (Å²) >= 11 is 0. The topological polar surface area (TPSA) is 89.6 Å². The summed E-state index contributed by atoms with van der Waals surface area (Å²) in [5.41, 5.74) is 2.20. The van der Waals surface area contributed by atoms with E-state index in [0.29, 0.717) is 43.6 Å². The first-order valence-corrected chi connectivity index (χ1v) is 10.4. The van der Waals surface area contributed by atoms with Gasteiger partial charge in [-0.1, -0.05) is 0 Å². The van der Waals surface area contributed by atoms with Crippen molar-refractivity contribution in [1.82, 2.24) is 14.5 Å². The van der Waals surface area contributed by atoms with E-state index in [4.69, 9.17) is 14.1 Å². The summed E-state index contributed by atoms with van der Waals surface area (Å²) in [6.45, 7) is 7.95. The number of furan rings is 1. The van der Waals surface area contributed by atoms with Crippen LogP contribution in [0.5, 0.6) is 0 Å². The molecule has 0 saturated carbocycles. The van der Waals surface area contributed by atoms with Crippen LogP contribution in [0.1, 0.15) is 25.6 Å². The third-order valence-corrected chi connectivity index (χ3v) is 5.21. The smallest absolute Gasteiger partial charge is 0.323 e. The monoisotopic (exact) mass is 422 g/mol. The van der Waals surface area contributed by atoms with Crippen LogP contribution < -0.4 is 10.9 Å². The number of carbonyl (C=O) groups excluding carboxylic acids is 1. The molecular weight excluding hydrogens is 396 g/mol. The maximum Gasteiger partial charge on any atom is 0.323 e. The molecule has 8 nitrogen and oxygen atoms in total. The lowest BCUT2D eigenvalue weighted by Gasteiger charge is -2.26. The van der Waals surface area contributed by atoms with E-state index in [0.717, 1.165) is 16.9 Å². The van der Waals surface area contributed by atoms with Crippen LogP contribution in [-0.4, -0.2) is 46.8 Å². The van der Waals surface area contributed by atoms with Gasteiger partial charge < -0.3 is 18.6 Å². The van der Waals surface area contributed by atoms with Crippen LogP contribution in [-0.2, 0) is 4.74 Å². The standard InChI is InChI=1S/C23H26N4O4/c1-15(2)27-14-17(5-9-21(27)28)18-6-8-20(24-22(18)19-7-4-16(3)31-19)25-23(29)26-10-12-30-13-11-26/h4-9,14-15H,10-13H2,1-3H3,(H,24,25,29). The molecular formula is C23H26N4O4. The van der Waals surface area contributed by atoms with Gasteiger partial charge in [0.25, 0.3) is 5.56 Å². The van der Waals surface area contributed by atoms with Crippen molar-refractivity contribution in [1.29, 1.82) is 0 Å². The van der Waals surface area contributed by atoms with E-state index in [9.17, 15) is 9.59 Å². The fourth-order valence-electron chi connectivity index (χ4n) is 3.53. The van der Waals surface area contributed by atoms with Gasteiger partial charge in [-0.2, -0.15) is 0 Å². The van der Waals surface area contributed by atoms with Gasteiger partial charge in [-0.05, 0) is 51.1 Å². The van der Waals surface area contributed by atoms with Crippen LogP contribution in [0.3, 0.4) is 0 Å². The molecule has 4 rings (SSSR count). The van der Waals surface area contributed by atoms with Gasteiger partial charge in [0.05, 0.1) is 13.2 Å². The van der Waals surface area contributed by atoms with Crippen LogP contribution in [0.2, 0.25) is 0 Å². The van der Waals surface area contributed by atoms with Gasteiger partial charge >= 0.3 is 6.03 Å². The lowest BCUT2D eigenvalue weighted by Crippen LogP contribution is -2.43. The zero-order valence-corrected chi connectivity index (χ0v) is 17.9. The first kappa shape index (κ1) is 20.9. The Hall–Kier alpha value is -3.39. The molecule has 8 heteroatoms. The van der Waals surface area contributed by atoms with E-state index in [1.165, 1.54) is 0 Å². The third-order valence-electron chi connectivity index (χ3n) is 5.21. The number of ether oxygens (including phenoxy) is 1. The van der Waals surface area contributed by atoms with Crippen molar-refractivity contribution >= 4 is 11.8 Å². The number of rotatable bonds is 4. The van der Waals surface area contributed by atoms with E-state index < -0.39 is 0 Å². The zero-order chi connectivity index (χ0) is 22.0. The summed E-state index contributed by atoms with van der Waals surface area (Å²) in [4.78, 5) is 31.2. The second-order valence-corrected chi connectivity index (χ2v) is 7.79. The van der Waals surface area contributed by atoms with Crippen LogP contribution in [0.4, 0.5) is 10.6 Å². The number of nitrogens with zero attached hydrogens (tertiary/aromatic N) is 3. The Labute approximate surface area is 180 Å². The number of nitrogens with one attached hydrogen (secondary N) is 1. The van der Waals surface area contributed by atoms with Crippen molar-refractivity contribution in [2.45, 2.75) is 26.8 Å². The molecule has 1 aliphatic rings. The Morgan fingerprint density at radius 1 is 1.10 bits per heavy atom. The van der Waals surface area contributed by atoms with E-state index in [1.54, 1.807) is 27.7 Å². The van der Waals surface area contributed by atoms with E-state index in [2.05, 4.69) is 5.32 Å². The first-order valence-electron chi connectivity index (χ1n) is 10.4. The number of aryl methyl sites for hydroxylation is 1. The molecule has 3 aromatic heterocycles. The van der Waals surface area contributed by atoms with E-state index in [-0.39, 0.29) is 17.6 Å². The molecule has 1 fully saturated rings. The molecule has 0 atom stereocenters. The number of hydrogen-bond acceptors (Lipinski definition) is 5. The van der Waals surface area contributed by atoms with Crippen molar-refractivity contribution in [3.8, 4) is 22.6 Å². The van der Waals surface area contributed by atoms with Gasteiger partial charge in [0.1, 0.15) is 17.3 Å². The molecule has 0 aromatic carbocycles. The number of carbonyl (C=O) groups is 1. The van der Waals surface area contributed by atoms with Crippen molar-refractivity contribution < 1.29 is 13.9 Å². The number of hydrogen-bond donors (Lipinski definition) is 1. The summed E-state index contributed by atoms with van der Waals surface area (Å²) in [5.74, 6) is 1.79. The van der Waals surface area contributed by atoms with Gasteiger partial charge in [0, 0.05) is 42.5 Å². The number of urea groups is 1. The summed E-state index contributed by atoms with van der Waals surface area (Å²) in [5, 5.41) is 2.87. The largest absolute Gasteiger partial charge is 0.460 e. The Balaban J connectivity index is 1.73. The minimum atomic E-state index is -0.210. The highest BCUT2D eigenvalue weighted by molar-refractivity contribution is 5.89. The van der Waals surface area contributed by atoms with Crippen molar-refractivity contribution in [2.75, 3.05) is 31.6 Å². The molecule has 0 radical (unpaired) electrons. The van der Waals surface area contributed by atoms with Gasteiger partial charge in [0.15, 0.2) is 5.76 Å². The predicted octanol–water partition coefficient (Wildman–Crippen LogP) is 3.92. The second-order valence-electron chi connectivity index (χ2n) is 7.79. The average molecular weight is 422 g/mol. The molecule has 0 aliphatic carbocycles. The van der Waals surface area contributed by atoms with Crippen LogP contribution in [0.25, 0.3) is 22.6 Å². The zero-order valence-electron chi connectivity index (χ0n) is 17.9. The summed E-state index contributed by atoms with van der Waals surface area (Å²) < 4.78 is 12.8. The van der Waals surface area contributed by atoms with Gasteiger partial charge in [-0.15, -0.1) is 0 Å². The normalized spacial score (nSPS) is 14.1. The lowest BCUT2D eigenvalue weighted by atomic mass is 10.0. The Kier molecular flexibility index (Phi) is 5.90. The summed E-state index contributed by atoms with van der Waals surface area (Å²) in [7, 11) is 0. The van der Waals surface area contributed by atoms with Crippen LogP contribution in [0.15, 0.2) is 51.8 Å². The molecule has 162 valence electrons. The molecule has 0 bridgehead atoms. The quantitative estimate of drug-likeness (QED) is 0.688. The second kappa shape index (κ2) is 8.77.